The molecular weight excluding hydrogens is 491 g/mol. The summed E-state index contributed by atoms with van der Waals surface area (Å²) < 4.78 is 7.16. The van der Waals surface area contributed by atoms with Crippen LogP contribution in [0.4, 0.5) is 0 Å². The van der Waals surface area contributed by atoms with Crippen LogP contribution in [0.15, 0.2) is 63.5 Å². The first kappa shape index (κ1) is 22.8. The summed E-state index contributed by atoms with van der Waals surface area (Å²) >= 11 is 20.1. The Bertz CT molecular complexity index is 1440. The molecule has 1 aliphatic heterocycles. The molecule has 4 rings (SSSR count). The second-order valence-corrected chi connectivity index (χ2v) is 9.17. The summed E-state index contributed by atoms with van der Waals surface area (Å²) in [5.41, 5.74) is 1.66. The summed E-state index contributed by atoms with van der Waals surface area (Å²) in [7, 11) is 0. The van der Waals surface area contributed by atoms with Crippen molar-refractivity contribution in [3.63, 3.8) is 0 Å². The van der Waals surface area contributed by atoms with Crippen molar-refractivity contribution in [1.29, 1.82) is 0 Å². The van der Waals surface area contributed by atoms with Gasteiger partial charge in [-0.15, -0.1) is 0 Å². The van der Waals surface area contributed by atoms with Crippen molar-refractivity contribution in [3.8, 4) is 0 Å². The van der Waals surface area contributed by atoms with Gasteiger partial charge in [-0.3, -0.25) is 9.36 Å². The van der Waals surface area contributed by atoms with Crippen LogP contribution in [0.5, 0.6) is 0 Å². The molecule has 0 N–H and O–H groups in total. The number of rotatable bonds is 4. The molecule has 5 nitrogen and oxygen atoms in total. The number of aromatic nitrogens is 1. The number of thiazole rings is 1. The lowest BCUT2D eigenvalue weighted by atomic mass is 9.96. The fourth-order valence-electron chi connectivity index (χ4n) is 3.56. The summed E-state index contributed by atoms with van der Waals surface area (Å²) in [6.45, 7) is 3.64. The van der Waals surface area contributed by atoms with Crippen molar-refractivity contribution in [3.05, 3.63) is 99.6 Å². The number of nitrogens with zero attached hydrogens (tertiary/aromatic N) is 2. The lowest BCUT2D eigenvalue weighted by Gasteiger charge is -2.25. The molecule has 164 valence electrons. The maximum absolute atomic E-state index is 13.5. The highest BCUT2D eigenvalue weighted by Crippen LogP contribution is 2.34. The Labute approximate surface area is 202 Å². The molecule has 0 spiro atoms. The van der Waals surface area contributed by atoms with Crippen molar-refractivity contribution in [2.45, 2.75) is 19.9 Å². The maximum atomic E-state index is 13.5. The van der Waals surface area contributed by atoms with Crippen LogP contribution in [0.3, 0.4) is 0 Å². The van der Waals surface area contributed by atoms with E-state index < -0.39 is 12.0 Å². The Morgan fingerprint density at radius 1 is 1.16 bits per heavy atom. The minimum absolute atomic E-state index is 0.197. The highest BCUT2D eigenvalue weighted by molar-refractivity contribution is 7.07. The van der Waals surface area contributed by atoms with Crippen LogP contribution in [0.25, 0.3) is 6.08 Å². The number of carbonyl (C=O) groups excluding carboxylic acids is 1. The molecule has 0 fully saturated rings. The fraction of sp³-hybridized carbons (Fsp3) is 0.174. The molecule has 2 aromatic carbocycles. The lowest BCUT2D eigenvalue weighted by Crippen LogP contribution is -2.40. The number of esters is 1. The van der Waals surface area contributed by atoms with Crippen LogP contribution in [-0.2, 0) is 9.53 Å². The van der Waals surface area contributed by atoms with Gasteiger partial charge in [0.15, 0.2) is 4.80 Å². The predicted molar refractivity (Wildman–Crippen MR) is 128 cm³/mol. The van der Waals surface area contributed by atoms with E-state index >= 15 is 0 Å². The van der Waals surface area contributed by atoms with Crippen LogP contribution in [0.2, 0.25) is 15.1 Å². The Morgan fingerprint density at radius 2 is 1.88 bits per heavy atom. The van der Waals surface area contributed by atoms with Gasteiger partial charge >= 0.3 is 5.97 Å². The number of hydrogen-bond acceptors (Lipinski definition) is 5. The average molecular weight is 508 g/mol. The van der Waals surface area contributed by atoms with E-state index in [2.05, 4.69) is 4.99 Å². The number of halogens is 3. The van der Waals surface area contributed by atoms with E-state index in [9.17, 15) is 9.59 Å². The van der Waals surface area contributed by atoms with Gasteiger partial charge in [0.1, 0.15) is 6.04 Å². The quantitative estimate of drug-likeness (QED) is 0.479. The Balaban J connectivity index is 2.00. The smallest absolute Gasteiger partial charge is 0.338 e. The standard InChI is InChI=1S/C23H17Cl3N2O3S/c1-3-31-22(30)18-12(2)27-23-28(20(18)14-8-4-5-9-15(14)24)21(29)17(32-23)11-13-7-6-10-16(25)19(13)26/h4-11,20H,3H2,1-2H3/b17-11+. The van der Waals surface area contributed by atoms with Crippen molar-refractivity contribution in [2.24, 2.45) is 4.99 Å². The number of fused-ring (bicyclic) bond motifs is 1. The second kappa shape index (κ2) is 9.24. The van der Waals surface area contributed by atoms with E-state index in [1.807, 2.05) is 0 Å². The highest BCUT2D eigenvalue weighted by atomic mass is 35.5. The summed E-state index contributed by atoms with van der Waals surface area (Å²) in [6.07, 6.45) is 1.67. The Kier molecular flexibility index (Phi) is 6.58. The SMILES string of the molecule is CCOC(=O)C1=C(C)N=c2s/c(=C/c3cccc(Cl)c3Cl)c(=O)n2C1c1ccccc1Cl. The molecule has 32 heavy (non-hydrogen) atoms. The van der Waals surface area contributed by atoms with Crippen LogP contribution in [0, 0.1) is 0 Å². The molecule has 0 amide bonds. The van der Waals surface area contributed by atoms with E-state index in [4.69, 9.17) is 39.5 Å². The number of ether oxygens (including phenoxy) is 1. The molecule has 0 aliphatic carbocycles. The third-order valence-corrected chi connectivity index (χ3v) is 7.15. The zero-order chi connectivity index (χ0) is 23.0. The van der Waals surface area contributed by atoms with Crippen LogP contribution in [-0.4, -0.2) is 17.1 Å². The van der Waals surface area contributed by atoms with Gasteiger partial charge in [-0.2, -0.15) is 0 Å². The van der Waals surface area contributed by atoms with Gasteiger partial charge < -0.3 is 4.74 Å². The van der Waals surface area contributed by atoms with Gasteiger partial charge in [-0.1, -0.05) is 76.5 Å². The molecule has 0 saturated carbocycles. The minimum atomic E-state index is -0.768. The molecular formula is C23H17Cl3N2O3S. The van der Waals surface area contributed by atoms with E-state index in [-0.39, 0.29) is 17.7 Å². The maximum Gasteiger partial charge on any atom is 0.338 e. The van der Waals surface area contributed by atoms with Crippen LogP contribution in [0.1, 0.15) is 31.0 Å². The molecule has 1 aromatic heterocycles. The largest absolute Gasteiger partial charge is 0.463 e. The van der Waals surface area contributed by atoms with E-state index in [1.54, 1.807) is 62.4 Å². The van der Waals surface area contributed by atoms with Gasteiger partial charge in [-0.05, 0) is 43.2 Å². The molecule has 3 aromatic rings. The van der Waals surface area contributed by atoms with Crippen molar-refractivity contribution in [1.82, 2.24) is 4.57 Å². The minimum Gasteiger partial charge on any atom is -0.463 e. The molecule has 2 heterocycles. The van der Waals surface area contributed by atoms with Crippen LogP contribution >= 0.6 is 46.1 Å². The topological polar surface area (TPSA) is 60.7 Å². The zero-order valence-electron chi connectivity index (χ0n) is 17.1. The highest BCUT2D eigenvalue weighted by Gasteiger charge is 2.34. The monoisotopic (exact) mass is 506 g/mol. The molecule has 9 heteroatoms. The zero-order valence-corrected chi connectivity index (χ0v) is 20.1. The second-order valence-electron chi connectivity index (χ2n) is 6.97. The molecule has 1 unspecified atom stereocenters. The van der Waals surface area contributed by atoms with Gasteiger partial charge in [0.05, 0.1) is 32.5 Å². The normalized spacial score (nSPS) is 16.0. The van der Waals surface area contributed by atoms with E-state index in [0.717, 1.165) is 0 Å². The number of carbonyl (C=O) groups is 1. The van der Waals surface area contributed by atoms with Gasteiger partial charge in [0, 0.05) is 5.02 Å². The molecule has 0 bridgehead atoms. The average Bonchev–Trinajstić information content (AvgIpc) is 3.06. The predicted octanol–water partition coefficient (Wildman–Crippen LogP) is 4.76. The molecule has 1 atom stereocenters. The van der Waals surface area contributed by atoms with E-state index in [1.165, 1.54) is 15.9 Å². The van der Waals surface area contributed by atoms with E-state index in [0.29, 0.717) is 41.2 Å². The summed E-state index contributed by atoms with van der Waals surface area (Å²) in [6, 6.07) is 11.5. The summed E-state index contributed by atoms with van der Waals surface area (Å²) in [4.78, 5) is 31.4. The Hall–Kier alpha value is -2.38. The first-order chi connectivity index (χ1) is 15.3. The lowest BCUT2D eigenvalue weighted by molar-refractivity contribution is -0.139. The molecule has 0 radical (unpaired) electrons. The van der Waals surface area contributed by atoms with Crippen LogP contribution < -0.4 is 14.9 Å². The fourth-order valence-corrected chi connectivity index (χ4v) is 5.19. The number of allylic oxidation sites excluding steroid dienone is 1. The number of hydrogen-bond donors (Lipinski definition) is 0. The molecule has 1 aliphatic rings. The van der Waals surface area contributed by atoms with Crippen molar-refractivity contribution >= 4 is 58.2 Å². The number of benzene rings is 2. The van der Waals surface area contributed by atoms with Crippen molar-refractivity contribution in [2.75, 3.05) is 6.61 Å². The third kappa shape index (κ3) is 4.04. The van der Waals surface area contributed by atoms with Gasteiger partial charge in [0.2, 0.25) is 0 Å². The summed E-state index contributed by atoms with van der Waals surface area (Å²) in [5, 5.41) is 1.18. The first-order valence-corrected chi connectivity index (χ1v) is 11.7. The van der Waals surface area contributed by atoms with Gasteiger partial charge in [0.25, 0.3) is 5.56 Å². The Morgan fingerprint density at radius 3 is 2.59 bits per heavy atom. The van der Waals surface area contributed by atoms with Gasteiger partial charge in [-0.25, -0.2) is 9.79 Å². The molecule has 0 saturated heterocycles. The van der Waals surface area contributed by atoms with Crippen molar-refractivity contribution < 1.29 is 9.53 Å². The first-order valence-electron chi connectivity index (χ1n) is 9.71. The summed E-state index contributed by atoms with van der Waals surface area (Å²) in [5.74, 6) is -0.536. The third-order valence-electron chi connectivity index (χ3n) is 4.98.